The van der Waals surface area contributed by atoms with E-state index in [9.17, 15) is 0 Å². The summed E-state index contributed by atoms with van der Waals surface area (Å²) >= 11 is 0. The largest absolute Gasteiger partial charge is 0.103 e. The van der Waals surface area contributed by atoms with Crippen LogP contribution in [0.1, 0.15) is 77.6 Å². The molecular weight excluding hydrogens is 204 g/mol. The standard InChI is InChI=1S/C17H29/c1-3-5-7-9-11-13-15-17-16-14-12-10-8-6-4-2/h9,11H,1,3-8,10,12-14,16H2,2H3/b11-9+. The van der Waals surface area contributed by atoms with Crippen molar-refractivity contribution in [2.24, 2.45) is 0 Å². The average molecular weight is 233 g/mol. The number of allylic oxidation sites excluding steroid dienone is 2. The molecule has 0 aromatic rings. The molecule has 97 valence electrons. The smallest absolute Gasteiger partial charge is 0.0269 e. The van der Waals surface area contributed by atoms with E-state index >= 15 is 0 Å². The van der Waals surface area contributed by atoms with Gasteiger partial charge in [-0.05, 0) is 19.3 Å². The summed E-state index contributed by atoms with van der Waals surface area (Å²) in [6, 6.07) is 0. The van der Waals surface area contributed by atoms with E-state index in [1.165, 1.54) is 44.9 Å². The summed E-state index contributed by atoms with van der Waals surface area (Å²) in [7, 11) is 0. The van der Waals surface area contributed by atoms with Gasteiger partial charge in [0.05, 0.1) is 0 Å². The number of rotatable bonds is 10. The zero-order chi connectivity index (χ0) is 12.6. The zero-order valence-electron chi connectivity index (χ0n) is 11.6. The van der Waals surface area contributed by atoms with Crippen LogP contribution in [0.3, 0.4) is 0 Å². The number of unbranched alkanes of at least 4 members (excludes halogenated alkanes) is 8. The minimum atomic E-state index is 0.924. The highest BCUT2D eigenvalue weighted by Gasteiger charge is 1.87. The second-order valence-electron chi connectivity index (χ2n) is 4.54. The van der Waals surface area contributed by atoms with Crippen LogP contribution in [0, 0.1) is 18.8 Å². The normalized spacial score (nSPS) is 10.5. The molecule has 0 bridgehead atoms. The van der Waals surface area contributed by atoms with E-state index in [-0.39, 0.29) is 0 Å². The molecule has 0 N–H and O–H groups in total. The van der Waals surface area contributed by atoms with Gasteiger partial charge in [-0.15, -0.1) is 5.92 Å². The maximum absolute atomic E-state index is 3.82. The molecule has 0 nitrogen and oxygen atoms in total. The van der Waals surface area contributed by atoms with Gasteiger partial charge in [-0.1, -0.05) is 70.4 Å². The summed E-state index contributed by atoms with van der Waals surface area (Å²) in [4.78, 5) is 0. The first-order valence-electron chi connectivity index (χ1n) is 7.31. The van der Waals surface area contributed by atoms with Crippen molar-refractivity contribution in [2.75, 3.05) is 0 Å². The van der Waals surface area contributed by atoms with Crippen LogP contribution in [-0.2, 0) is 0 Å². The van der Waals surface area contributed by atoms with Gasteiger partial charge in [0.2, 0.25) is 0 Å². The molecule has 0 heteroatoms. The van der Waals surface area contributed by atoms with E-state index in [4.69, 9.17) is 0 Å². The third kappa shape index (κ3) is 15.3. The Bertz CT molecular complexity index is 214. The molecular formula is C17H29. The molecule has 0 atom stereocenters. The van der Waals surface area contributed by atoms with E-state index in [1.54, 1.807) is 0 Å². The first-order valence-corrected chi connectivity index (χ1v) is 7.31. The molecule has 0 rings (SSSR count). The summed E-state index contributed by atoms with van der Waals surface area (Å²) < 4.78 is 0. The molecule has 0 saturated carbocycles. The number of hydrogen-bond acceptors (Lipinski definition) is 0. The molecule has 0 heterocycles. The summed E-state index contributed by atoms with van der Waals surface area (Å²) in [6.07, 6.45) is 18.0. The molecule has 0 spiro atoms. The maximum Gasteiger partial charge on any atom is 0.0269 e. The Balaban J connectivity index is 3.17. The molecule has 0 unspecified atom stereocenters. The molecule has 0 aliphatic heterocycles. The second-order valence-corrected chi connectivity index (χ2v) is 4.54. The monoisotopic (exact) mass is 233 g/mol. The SMILES string of the molecule is [CH2]CCC/C=C/CC#CCCCCCCCC. The predicted molar refractivity (Wildman–Crippen MR) is 78.7 cm³/mol. The van der Waals surface area contributed by atoms with Gasteiger partial charge in [0, 0.05) is 12.8 Å². The van der Waals surface area contributed by atoms with Crippen molar-refractivity contribution in [3.05, 3.63) is 19.1 Å². The van der Waals surface area contributed by atoms with Crippen molar-refractivity contribution in [3.8, 4) is 11.8 Å². The summed E-state index contributed by atoms with van der Waals surface area (Å²) in [5, 5.41) is 0. The van der Waals surface area contributed by atoms with Crippen LogP contribution in [0.2, 0.25) is 0 Å². The van der Waals surface area contributed by atoms with Gasteiger partial charge < -0.3 is 0 Å². The van der Waals surface area contributed by atoms with Gasteiger partial charge in [0.25, 0.3) is 0 Å². The van der Waals surface area contributed by atoms with Gasteiger partial charge >= 0.3 is 0 Å². The Hall–Kier alpha value is -0.700. The van der Waals surface area contributed by atoms with Gasteiger partial charge in [-0.2, -0.15) is 0 Å². The Labute approximate surface area is 109 Å². The highest BCUT2D eigenvalue weighted by atomic mass is 13.9. The fraction of sp³-hybridized carbons (Fsp3) is 0.706. The maximum atomic E-state index is 3.82. The van der Waals surface area contributed by atoms with Crippen LogP contribution in [0.15, 0.2) is 12.2 Å². The lowest BCUT2D eigenvalue weighted by Crippen LogP contribution is -1.77. The van der Waals surface area contributed by atoms with Gasteiger partial charge in [0.15, 0.2) is 0 Å². The van der Waals surface area contributed by atoms with Gasteiger partial charge in [0.1, 0.15) is 0 Å². The van der Waals surface area contributed by atoms with Crippen molar-refractivity contribution in [1.82, 2.24) is 0 Å². The van der Waals surface area contributed by atoms with Gasteiger partial charge in [-0.25, -0.2) is 0 Å². The Morgan fingerprint density at radius 1 is 0.882 bits per heavy atom. The highest BCUT2D eigenvalue weighted by molar-refractivity contribution is 5.04. The average Bonchev–Trinajstić information content (AvgIpc) is 2.35. The van der Waals surface area contributed by atoms with Crippen molar-refractivity contribution in [1.29, 1.82) is 0 Å². The lowest BCUT2D eigenvalue weighted by Gasteiger charge is -1.96. The van der Waals surface area contributed by atoms with E-state index in [0.717, 1.165) is 25.7 Å². The summed E-state index contributed by atoms with van der Waals surface area (Å²) in [5.74, 6) is 6.47. The van der Waals surface area contributed by atoms with Crippen LogP contribution in [-0.4, -0.2) is 0 Å². The Morgan fingerprint density at radius 2 is 1.65 bits per heavy atom. The summed E-state index contributed by atoms with van der Waals surface area (Å²) in [6.45, 7) is 6.08. The van der Waals surface area contributed by atoms with E-state index in [1.807, 2.05) is 0 Å². The second kappa shape index (κ2) is 15.3. The predicted octanol–water partition coefficient (Wildman–Crippen LogP) is 5.69. The Kier molecular flexibility index (Phi) is 14.7. The molecule has 0 amide bonds. The zero-order valence-corrected chi connectivity index (χ0v) is 11.6. The fourth-order valence-corrected chi connectivity index (χ4v) is 1.68. The van der Waals surface area contributed by atoms with Crippen LogP contribution in [0.4, 0.5) is 0 Å². The first-order chi connectivity index (χ1) is 8.41. The van der Waals surface area contributed by atoms with E-state index in [0.29, 0.717) is 0 Å². The van der Waals surface area contributed by atoms with E-state index in [2.05, 4.69) is 37.8 Å². The fourth-order valence-electron chi connectivity index (χ4n) is 1.68. The van der Waals surface area contributed by atoms with Crippen LogP contribution in [0.5, 0.6) is 0 Å². The van der Waals surface area contributed by atoms with Crippen molar-refractivity contribution < 1.29 is 0 Å². The molecule has 0 aromatic heterocycles. The highest BCUT2D eigenvalue weighted by Crippen LogP contribution is 2.06. The molecule has 0 aliphatic carbocycles. The van der Waals surface area contributed by atoms with Crippen molar-refractivity contribution >= 4 is 0 Å². The third-order valence-corrected chi connectivity index (χ3v) is 2.79. The molecule has 0 fully saturated rings. The molecule has 0 aromatic carbocycles. The number of hydrogen-bond donors (Lipinski definition) is 0. The molecule has 0 saturated heterocycles. The molecule has 0 aliphatic rings. The van der Waals surface area contributed by atoms with Crippen molar-refractivity contribution in [2.45, 2.75) is 77.6 Å². The van der Waals surface area contributed by atoms with Crippen LogP contribution >= 0.6 is 0 Å². The molecule has 1 radical (unpaired) electrons. The lowest BCUT2D eigenvalue weighted by atomic mass is 10.1. The first kappa shape index (κ1) is 16.3. The van der Waals surface area contributed by atoms with Crippen LogP contribution in [0.25, 0.3) is 0 Å². The molecule has 17 heavy (non-hydrogen) atoms. The minimum Gasteiger partial charge on any atom is -0.103 e. The Morgan fingerprint density at radius 3 is 2.41 bits per heavy atom. The minimum absolute atomic E-state index is 0.924. The van der Waals surface area contributed by atoms with Gasteiger partial charge in [-0.3, -0.25) is 0 Å². The summed E-state index contributed by atoms with van der Waals surface area (Å²) in [5.41, 5.74) is 0. The van der Waals surface area contributed by atoms with Crippen molar-refractivity contribution in [3.63, 3.8) is 0 Å². The quantitative estimate of drug-likeness (QED) is 0.258. The van der Waals surface area contributed by atoms with Crippen LogP contribution < -0.4 is 0 Å². The third-order valence-electron chi connectivity index (χ3n) is 2.79. The van der Waals surface area contributed by atoms with E-state index < -0.39 is 0 Å². The topological polar surface area (TPSA) is 0 Å². The lowest BCUT2D eigenvalue weighted by molar-refractivity contribution is 0.614.